The average molecular weight is 228 g/mol. The molecular formula is C10H16N2S2. The van der Waals surface area contributed by atoms with Gasteiger partial charge < -0.3 is 10.6 Å². The summed E-state index contributed by atoms with van der Waals surface area (Å²) in [4.78, 5) is 1.42. The Morgan fingerprint density at radius 3 is 3.29 bits per heavy atom. The zero-order valence-corrected chi connectivity index (χ0v) is 9.79. The Bertz CT molecular complexity index is 243. The molecule has 78 valence electrons. The Hall–Kier alpha value is -0.0300. The molecule has 2 heterocycles. The molecule has 0 amide bonds. The third-order valence-corrected chi connectivity index (χ3v) is 4.28. The van der Waals surface area contributed by atoms with Crippen molar-refractivity contribution in [3.63, 3.8) is 0 Å². The van der Waals surface area contributed by atoms with E-state index < -0.39 is 0 Å². The van der Waals surface area contributed by atoms with Crippen LogP contribution in [-0.2, 0) is 6.54 Å². The van der Waals surface area contributed by atoms with Gasteiger partial charge in [0.1, 0.15) is 0 Å². The zero-order chi connectivity index (χ0) is 9.64. The maximum absolute atomic E-state index is 3.52. The lowest BCUT2D eigenvalue weighted by Gasteiger charge is -2.23. The lowest BCUT2D eigenvalue weighted by molar-refractivity contribution is 0.515. The minimum absolute atomic E-state index is 0.661. The van der Waals surface area contributed by atoms with Crippen molar-refractivity contribution in [2.75, 3.05) is 24.6 Å². The molecule has 1 aromatic heterocycles. The van der Waals surface area contributed by atoms with E-state index in [4.69, 9.17) is 0 Å². The van der Waals surface area contributed by atoms with Crippen LogP contribution in [0.3, 0.4) is 0 Å². The van der Waals surface area contributed by atoms with Crippen molar-refractivity contribution in [3.05, 3.63) is 22.4 Å². The van der Waals surface area contributed by atoms with Gasteiger partial charge in [0, 0.05) is 42.1 Å². The molecule has 1 fully saturated rings. The summed E-state index contributed by atoms with van der Waals surface area (Å²) in [7, 11) is 0. The predicted molar refractivity (Wildman–Crippen MR) is 65.1 cm³/mol. The van der Waals surface area contributed by atoms with Gasteiger partial charge in [0.2, 0.25) is 0 Å². The fraction of sp³-hybridized carbons (Fsp3) is 0.600. The molecule has 4 heteroatoms. The summed E-state index contributed by atoms with van der Waals surface area (Å²) in [5.74, 6) is 2.51. The van der Waals surface area contributed by atoms with E-state index in [1.807, 2.05) is 11.3 Å². The molecule has 0 aliphatic carbocycles. The number of hydrogen-bond acceptors (Lipinski definition) is 4. The molecule has 0 spiro atoms. The molecule has 0 saturated carbocycles. The molecule has 14 heavy (non-hydrogen) atoms. The first-order chi connectivity index (χ1) is 6.95. The minimum atomic E-state index is 0.661. The van der Waals surface area contributed by atoms with Crippen molar-refractivity contribution >= 4 is 23.1 Å². The van der Waals surface area contributed by atoms with E-state index in [0.29, 0.717) is 6.04 Å². The zero-order valence-electron chi connectivity index (χ0n) is 8.16. The van der Waals surface area contributed by atoms with Crippen LogP contribution in [0.25, 0.3) is 0 Å². The van der Waals surface area contributed by atoms with Gasteiger partial charge in [-0.2, -0.15) is 11.8 Å². The van der Waals surface area contributed by atoms with E-state index >= 15 is 0 Å². The van der Waals surface area contributed by atoms with Crippen LogP contribution >= 0.6 is 23.1 Å². The third-order valence-electron chi connectivity index (χ3n) is 2.27. The summed E-state index contributed by atoms with van der Waals surface area (Å²) in [6, 6.07) is 4.95. The lowest BCUT2D eigenvalue weighted by Crippen LogP contribution is -2.44. The van der Waals surface area contributed by atoms with Gasteiger partial charge in [-0.15, -0.1) is 11.3 Å². The van der Waals surface area contributed by atoms with E-state index in [-0.39, 0.29) is 0 Å². The van der Waals surface area contributed by atoms with E-state index in [1.165, 1.54) is 16.4 Å². The highest BCUT2D eigenvalue weighted by Crippen LogP contribution is 2.09. The first kappa shape index (κ1) is 10.5. The second kappa shape index (κ2) is 5.75. The van der Waals surface area contributed by atoms with Crippen LogP contribution in [0.5, 0.6) is 0 Å². The van der Waals surface area contributed by atoms with Crippen LogP contribution in [0.1, 0.15) is 4.88 Å². The van der Waals surface area contributed by atoms with Gasteiger partial charge in [-0.3, -0.25) is 0 Å². The molecule has 2 N–H and O–H groups in total. The number of nitrogens with one attached hydrogen (secondary N) is 2. The number of hydrogen-bond donors (Lipinski definition) is 2. The smallest absolute Gasteiger partial charge is 0.0300 e. The highest BCUT2D eigenvalue weighted by atomic mass is 32.2. The lowest BCUT2D eigenvalue weighted by atomic mass is 10.3. The van der Waals surface area contributed by atoms with Gasteiger partial charge in [0.25, 0.3) is 0 Å². The second-order valence-electron chi connectivity index (χ2n) is 3.44. The first-order valence-electron chi connectivity index (χ1n) is 4.99. The van der Waals surface area contributed by atoms with Crippen molar-refractivity contribution in [2.24, 2.45) is 0 Å². The average Bonchev–Trinajstić information content (AvgIpc) is 2.72. The molecule has 1 aliphatic rings. The fourth-order valence-electron chi connectivity index (χ4n) is 1.53. The van der Waals surface area contributed by atoms with Gasteiger partial charge in [-0.1, -0.05) is 6.07 Å². The highest BCUT2D eigenvalue weighted by molar-refractivity contribution is 7.99. The quantitative estimate of drug-likeness (QED) is 0.817. The Morgan fingerprint density at radius 2 is 2.57 bits per heavy atom. The topological polar surface area (TPSA) is 24.1 Å². The van der Waals surface area contributed by atoms with Crippen molar-refractivity contribution in [1.82, 2.24) is 10.6 Å². The van der Waals surface area contributed by atoms with Crippen LogP contribution in [0, 0.1) is 0 Å². The monoisotopic (exact) mass is 228 g/mol. The van der Waals surface area contributed by atoms with Gasteiger partial charge in [-0.05, 0) is 11.4 Å². The molecule has 2 nitrogen and oxygen atoms in total. The predicted octanol–water partition coefficient (Wildman–Crippen LogP) is 1.54. The third kappa shape index (κ3) is 3.28. The normalized spacial score (nSPS) is 22.4. The molecule has 0 radical (unpaired) electrons. The summed E-state index contributed by atoms with van der Waals surface area (Å²) in [6.45, 7) is 3.27. The molecule has 1 aromatic rings. The molecular weight excluding hydrogens is 212 g/mol. The standard InChI is InChI=1S/C10H16N2S2/c1-2-10(14-4-1)7-11-6-9-8-13-5-3-12-9/h1-2,4,9,11-12H,3,5-8H2. The van der Waals surface area contributed by atoms with Crippen molar-refractivity contribution in [2.45, 2.75) is 12.6 Å². The number of thioether (sulfide) groups is 1. The number of thiophene rings is 1. The highest BCUT2D eigenvalue weighted by Gasteiger charge is 2.11. The molecule has 0 aromatic carbocycles. The molecule has 1 atom stereocenters. The summed E-state index contributed by atoms with van der Waals surface area (Å²) in [5.41, 5.74) is 0. The maximum Gasteiger partial charge on any atom is 0.0300 e. The Kier molecular flexibility index (Phi) is 4.31. The van der Waals surface area contributed by atoms with Crippen molar-refractivity contribution < 1.29 is 0 Å². The Morgan fingerprint density at radius 1 is 1.57 bits per heavy atom. The van der Waals surface area contributed by atoms with Crippen LogP contribution < -0.4 is 10.6 Å². The molecule has 2 rings (SSSR count). The second-order valence-corrected chi connectivity index (χ2v) is 5.62. The van der Waals surface area contributed by atoms with Gasteiger partial charge in [0.15, 0.2) is 0 Å². The summed E-state index contributed by atoms with van der Waals surface area (Å²) < 4.78 is 0. The van der Waals surface area contributed by atoms with Crippen LogP contribution in [-0.4, -0.2) is 30.6 Å². The summed E-state index contributed by atoms with van der Waals surface area (Å²) in [5, 5.41) is 9.14. The van der Waals surface area contributed by atoms with E-state index in [2.05, 4.69) is 39.9 Å². The van der Waals surface area contributed by atoms with E-state index in [0.717, 1.165) is 19.6 Å². The summed E-state index contributed by atoms with van der Waals surface area (Å²) in [6.07, 6.45) is 0. The fourth-order valence-corrected chi connectivity index (χ4v) is 3.16. The molecule has 1 aliphatic heterocycles. The van der Waals surface area contributed by atoms with Crippen molar-refractivity contribution in [3.8, 4) is 0 Å². The van der Waals surface area contributed by atoms with Crippen LogP contribution in [0.2, 0.25) is 0 Å². The SMILES string of the molecule is c1csc(CNCC2CSCCN2)c1. The molecule has 1 unspecified atom stereocenters. The Labute approximate surface area is 93.5 Å². The van der Waals surface area contributed by atoms with Gasteiger partial charge in [-0.25, -0.2) is 0 Å². The van der Waals surface area contributed by atoms with E-state index in [9.17, 15) is 0 Å². The largest absolute Gasteiger partial charge is 0.311 e. The minimum Gasteiger partial charge on any atom is -0.311 e. The maximum atomic E-state index is 3.52. The van der Waals surface area contributed by atoms with E-state index in [1.54, 1.807) is 0 Å². The van der Waals surface area contributed by atoms with Crippen LogP contribution in [0.15, 0.2) is 17.5 Å². The van der Waals surface area contributed by atoms with Crippen molar-refractivity contribution in [1.29, 1.82) is 0 Å². The van der Waals surface area contributed by atoms with Gasteiger partial charge >= 0.3 is 0 Å². The summed E-state index contributed by atoms with van der Waals surface area (Å²) >= 11 is 3.87. The molecule has 0 bridgehead atoms. The Balaban J connectivity index is 1.62. The molecule has 1 saturated heterocycles. The first-order valence-corrected chi connectivity index (χ1v) is 7.03. The van der Waals surface area contributed by atoms with Gasteiger partial charge in [0.05, 0.1) is 0 Å². The number of rotatable bonds is 4. The van der Waals surface area contributed by atoms with Crippen LogP contribution in [0.4, 0.5) is 0 Å².